The molecule has 0 bridgehead atoms. The number of aromatic nitrogens is 4. The maximum atomic E-state index is 6.56. The fourth-order valence-electron chi connectivity index (χ4n) is 18.7. The number of para-hydroxylation sites is 8. The monoisotopic (exact) mass is 1400 g/mol. The van der Waals surface area contributed by atoms with Crippen molar-refractivity contribution in [3.05, 3.63) is 340 Å². The Kier molecular flexibility index (Phi) is 11.6. The number of nitrogens with zero attached hydrogens (tertiary/aromatic N) is 4. The molecule has 8 heterocycles. The first kappa shape index (κ1) is 57.1. The summed E-state index contributed by atoms with van der Waals surface area (Å²) in [5, 5.41) is 18.5. The van der Waals surface area contributed by atoms with Crippen molar-refractivity contribution in [2.75, 3.05) is 0 Å². The van der Waals surface area contributed by atoms with E-state index in [0.29, 0.717) is 0 Å². The first-order valence-corrected chi connectivity index (χ1v) is 40.1. The van der Waals surface area contributed by atoms with Crippen molar-refractivity contribution in [3.63, 3.8) is 0 Å². The average Bonchev–Trinajstić information content (AvgIpc) is 1.72. The van der Waals surface area contributed by atoms with Crippen LogP contribution in [0.4, 0.5) is 0 Å². The Morgan fingerprint density at radius 2 is 0.352 bits per heavy atom. The minimum absolute atomic E-state index is 0.883. The zero-order chi connectivity index (χ0) is 68.3. The summed E-state index contributed by atoms with van der Waals surface area (Å²) < 4.78 is 41.2. The molecule has 0 fully saturated rings. The van der Waals surface area contributed by atoms with E-state index in [9.17, 15) is 0 Å². The second kappa shape index (κ2) is 21.3. The molecule has 0 saturated carbocycles. The van der Waals surface area contributed by atoms with E-state index in [1.165, 1.54) is 60.7 Å². The third-order valence-corrected chi connectivity index (χ3v) is 33.0. The van der Waals surface area contributed by atoms with Crippen molar-refractivity contribution in [1.29, 1.82) is 0 Å². The molecular formula is C96H56GeN4O4. The predicted octanol–water partition coefficient (Wildman–Crippen LogP) is 23.1. The molecule has 0 radical (unpaired) electrons. The van der Waals surface area contributed by atoms with Gasteiger partial charge in [0.15, 0.2) is 0 Å². The molecule has 0 spiro atoms. The maximum absolute atomic E-state index is 6.56. The van der Waals surface area contributed by atoms with Gasteiger partial charge in [0.25, 0.3) is 0 Å². The van der Waals surface area contributed by atoms with Gasteiger partial charge >= 0.3 is 604 Å². The van der Waals surface area contributed by atoms with Crippen LogP contribution in [0.25, 0.3) is 198 Å². The van der Waals surface area contributed by atoms with E-state index < -0.39 is 13.3 Å². The van der Waals surface area contributed by atoms with E-state index in [4.69, 9.17) is 17.7 Å². The molecule has 488 valence electrons. The summed E-state index contributed by atoms with van der Waals surface area (Å²) >= 11 is -4.37. The quantitative estimate of drug-likeness (QED) is 0.142. The summed E-state index contributed by atoms with van der Waals surface area (Å²) in [6.45, 7) is 0. The second-order valence-electron chi connectivity index (χ2n) is 28.1. The molecular weight excluding hydrogens is 1350 g/mol. The molecule has 0 aliphatic carbocycles. The molecule has 0 aliphatic heterocycles. The van der Waals surface area contributed by atoms with Crippen LogP contribution in [-0.2, 0) is 0 Å². The summed E-state index contributed by atoms with van der Waals surface area (Å²) in [5.41, 5.74) is 20.5. The van der Waals surface area contributed by atoms with Gasteiger partial charge in [-0.2, -0.15) is 0 Å². The number of fused-ring (bicyclic) bond motifs is 28. The summed E-state index contributed by atoms with van der Waals surface area (Å²) in [6.07, 6.45) is 0. The number of hydrogen-bond acceptors (Lipinski definition) is 4. The van der Waals surface area contributed by atoms with Gasteiger partial charge in [0, 0.05) is 0 Å². The van der Waals surface area contributed by atoms with Gasteiger partial charge in [-0.15, -0.1) is 0 Å². The molecule has 16 aromatic carbocycles. The van der Waals surface area contributed by atoms with Crippen LogP contribution < -0.4 is 17.6 Å². The number of rotatable bonds is 8. The normalized spacial score (nSPS) is 12.6. The summed E-state index contributed by atoms with van der Waals surface area (Å²) in [4.78, 5) is 0. The standard InChI is InChI=1S/C96H56GeN4O4/c1-9-25-73-65(17-1)89-77(49-53-85-93(89)69-21-5-13-29-81(69)102-85)98(73)61-41-33-57(34-42-61)97(58-35-43-62(44-36-58)99-74-26-10-2-18-66(74)90-78(99)50-54-86-94(90)70-22-6-14-30-82(70)103-86,59-37-45-63(46-38-59)100-75-27-11-3-19-67(75)91-79(100)51-55-87-95(91)71-23-7-15-31-83(71)104-87)60-39-47-64(48-40-60)101-76-28-12-4-20-68(76)92-80(101)52-56-88-96(92)72-24-8-16-32-84(72)105-88/h1-56H. The van der Waals surface area contributed by atoms with Crippen molar-refractivity contribution < 1.29 is 17.7 Å². The number of hydrogen-bond donors (Lipinski definition) is 0. The Labute approximate surface area is 600 Å². The van der Waals surface area contributed by atoms with Crippen LogP contribution in [0.2, 0.25) is 0 Å². The van der Waals surface area contributed by atoms with E-state index >= 15 is 0 Å². The Bertz CT molecular complexity index is 6900. The Balaban J connectivity index is 0.761. The first-order chi connectivity index (χ1) is 52.1. The predicted molar refractivity (Wildman–Crippen MR) is 437 cm³/mol. The topological polar surface area (TPSA) is 72.3 Å². The number of furan rings is 4. The molecule has 0 unspecified atom stereocenters. The molecule has 9 heteroatoms. The van der Waals surface area contributed by atoms with Gasteiger partial charge in [-0.1, -0.05) is 0 Å². The van der Waals surface area contributed by atoms with Crippen molar-refractivity contribution >= 4 is 206 Å². The van der Waals surface area contributed by atoms with E-state index in [1.807, 2.05) is 0 Å². The van der Waals surface area contributed by atoms with Crippen LogP contribution in [0.15, 0.2) is 357 Å². The summed E-state index contributed by atoms with van der Waals surface area (Å²) in [5.74, 6) is 0. The van der Waals surface area contributed by atoms with Gasteiger partial charge < -0.3 is 0 Å². The minimum atomic E-state index is -4.37. The van der Waals surface area contributed by atoms with Gasteiger partial charge in [0.2, 0.25) is 0 Å². The molecule has 0 atom stereocenters. The van der Waals surface area contributed by atoms with Crippen molar-refractivity contribution in [1.82, 2.24) is 18.3 Å². The van der Waals surface area contributed by atoms with Gasteiger partial charge in [-0.25, -0.2) is 0 Å². The Hall–Kier alpha value is -13.5. The Morgan fingerprint density at radius 1 is 0.152 bits per heavy atom. The van der Waals surface area contributed by atoms with Crippen molar-refractivity contribution in [2.45, 2.75) is 0 Å². The van der Waals surface area contributed by atoms with Gasteiger partial charge in [0.1, 0.15) is 0 Å². The van der Waals surface area contributed by atoms with E-state index in [0.717, 1.165) is 155 Å². The van der Waals surface area contributed by atoms with Crippen LogP contribution in [-0.4, -0.2) is 31.5 Å². The zero-order valence-electron chi connectivity index (χ0n) is 56.3. The fourth-order valence-corrected chi connectivity index (χ4v) is 28.4. The van der Waals surface area contributed by atoms with Gasteiger partial charge in [-0.3, -0.25) is 0 Å². The molecule has 24 rings (SSSR count). The molecule has 8 aromatic heterocycles. The van der Waals surface area contributed by atoms with Crippen LogP contribution >= 0.6 is 0 Å². The second-order valence-corrected chi connectivity index (χ2v) is 36.1. The summed E-state index contributed by atoms with van der Waals surface area (Å²) in [7, 11) is 0. The molecule has 24 aromatic rings. The van der Waals surface area contributed by atoms with Gasteiger partial charge in [-0.05, 0) is 0 Å². The van der Waals surface area contributed by atoms with Crippen LogP contribution in [0.3, 0.4) is 0 Å². The zero-order valence-corrected chi connectivity index (χ0v) is 58.4. The molecule has 8 nitrogen and oxygen atoms in total. The molecule has 0 N–H and O–H groups in total. The molecule has 0 aliphatic rings. The van der Waals surface area contributed by atoms with Crippen LogP contribution in [0.5, 0.6) is 0 Å². The third kappa shape index (κ3) is 7.74. The van der Waals surface area contributed by atoms with Crippen LogP contribution in [0.1, 0.15) is 0 Å². The van der Waals surface area contributed by atoms with Gasteiger partial charge in [0.05, 0.1) is 0 Å². The van der Waals surface area contributed by atoms with Crippen LogP contribution in [0, 0.1) is 0 Å². The molecule has 105 heavy (non-hydrogen) atoms. The van der Waals surface area contributed by atoms with E-state index in [-0.39, 0.29) is 0 Å². The SMILES string of the molecule is c1ccc2c(c1)oc1ccc3c(c4ccccc4n3-c3cc[c]([Ge]([c]4ccc(-n5c6ccccc6c6c7c(ccc65)oc5ccccc57)cc4)([c]4ccc(-n5c6ccccc6c6c7c(ccc65)oc5ccccc57)cc4)[c]4ccc(-n5c6ccccc6c6c7c(ccc65)oc5ccccc57)cc4)cc3)c12. The first-order valence-electron chi connectivity index (χ1n) is 35.9. The molecule has 0 amide bonds. The Morgan fingerprint density at radius 3 is 0.581 bits per heavy atom. The fraction of sp³-hybridized carbons (Fsp3) is 0. The van der Waals surface area contributed by atoms with E-state index in [1.54, 1.807) is 0 Å². The molecule has 0 saturated heterocycles. The number of benzene rings is 16. The van der Waals surface area contributed by atoms with Crippen molar-refractivity contribution in [2.24, 2.45) is 0 Å². The summed E-state index contributed by atoms with van der Waals surface area (Å²) in [6, 6.07) is 125. The van der Waals surface area contributed by atoms with Crippen molar-refractivity contribution in [3.8, 4) is 22.7 Å². The third-order valence-electron chi connectivity index (χ3n) is 22.9. The van der Waals surface area contributed by atoms with E-state index in [2.05, 4.69) is 358 Å². The average molecular weight is 1400 g/mol.